The third kappa shape index (κ3) is 3.15. The molecule has 2 heterocycles. The second-order valence-electron chi connectivity index (χ2n) is 5.54. The van der Waals surface area contributed by atoms with Crippen LogP contribution in [-0.2, 0) is 6.42 Å². The highest BCUT2D eigenvalue weighted by Gasteiger charge is 2.20. The van der Waals surface area contributed by atoms with Crippen LogP contribution in [0.3, 0.4) is 0 Å². The van der Waals surface area contributed by atoms with Crippen LogP contribution in [0, 0.1) is 5.82 Å². The number of halogens is 1. The van der Waals surface area contributed by atoms with Crippen molar-refractivity contribution in [3.8, 4) is 5.75 Å². The van der Waals surface area contributed by atoms with Crippen LogP contribution in [0.4, 0.5) is 4.39 Å². The van der Waals surface area contributed by atoms with Gasteiger partial charge >= 0.3 is 0 Å². The van der Waals surface area contributed by atoms with Gasteiger partial charge in [-0.15, -0.1) is 10.2 Å². The van der Waals surface area contributed by atoms with Crippen LogP contribution in [-0.4, -0.2) is 33.4 Å². The first-order chi connectivity index (χ1) is 12.2. The minimum atomic E-state index is -0.255. The van der Waals surface area contributed by atoms with E-state index in [0.29, 0.717) is 12.2 Å². The Morgan fingerprint density at radius 3 is 2.72 bits per heavy atom. The van der Waals surface area contributed by atoms with Crippen LogP contribution < -0.4 is 4.74 Å². The summed E-state index contributed by atoms with van der Waals surface area (Å²) >= 11 is 1.57. The molecule has 0 N–H and O–H groups in total. The maximum Gasteiger partial charge on any atom is 0.212 e. The standard InChI is InChI=1S/C18H15FN4OS/c1-24-16-5-3-2-4-13(16)10-17-20-21-18-23(17)22-15(11-25-18)12-6-8-14(19)9-7-12/h2-9H,10-11H2,1H3. The number of fused-ring (bicyclic) bond motifs is 1. The SMILES string of the molecule is COc1ccccc1Cc1nnc2n1N=C(c1ccc(F)cc1)CS2. The van der Waals surface area contributed by atoms with Gasteiger partial charge in [-0.2, -0.15) is 9.78 Å². The molecule has 1 aromatic heterocycles. The van der Waals surface area contributed by atoms with Crippen molar-refractivity contribution >= 4 is 17.5 Å². The molecule has 0 spiro atoms. The summed E-state index contributed by atoms with van der Waals surface area (Å²) in [6.45, 7) is 0. The molecule has 4 rings (SSSR count). The predicted octanol–water partition coefficient (Wildman–Crippen LogP) is 3.37. The Morgan fingerprint density at radius 2 is 1.92 bits per heavy atom. The molecule has 25 heavy (non-hydrogen) atoms. The van der Waals surface area contributed by atoms with Crippen LogP contribution in [0.15, 0.2) is 58.8 Å². The number of hydrogen-bond donors (Lipinski definition) is 0. The van der Waals surface area contributed by atoms with Crippen molar-refractivity contribution in [2.45, 2.75) is 11.6 Å². The largest absolute Gasteiger partial charge is 0.496 e. The van der Waals surface area contributed by atoms with Gasteiger partial charge in [0.1, 0.15) is 11.6 Å². The lowest BCUT2D eigenvalue weighted by molar-refractivity contribution is 0.410. The highest BCUT2D eigenvalue weighted by atomic mass is 32.2. The lowest BCUT2D eigenvalue weighted by Crippen LogP contribution is -2.15. The van der Waals surface area contributed by atoms with Crippen molar-refractivity contribution in [1.29, 1.82) is 0 Å². The number of nitrogens with zero attached hydrogens (tertiary/aromatic N) is 4. The van der Waals surface area contributed by atoms with Crippen molar-refractivity contribution < 1.29 is 9.13 Å². The Labute approximate surface area is 148 Å². The first-order valence-electron chi connectivity index (χ1n) is 7.77. The van der Waals surface area contributed by atoms with Gasteiger partial charge in [-0.3, -0.25) is 0 Å². The Morgan fingerprint density at radius 1 is 1.12 bits per heavy atom. The lowest BCUT2D eigenvalue weighted by Gasteiger charge is -2.14. The van der Waals surface area contributed by atoms with Crippen LogP contribution >= 0.6 is 11.8 Å². The Bertz CT molecular complexity index is 937. The van der Waals surface area contributed by atoms with Gasteiger partial charge in [0, 0.05) is 17.7 Å². The molecule has 0 saturated heterocycles. The molecule has 3 aromatic rings. The van der Waals surface area contributed by atoms with E-state index in [9.17, 15) is 4.39 Å². The fourth-order valence-electron chi connectivity index (χ4n) is 2.68. The van der Waals surface area contributed by atoms with E-state index in [4.69, 9.17) is 4.74 Å². The summed E-state index contributed by atoms with van der Waals surface area (Å²) in [5.41, 5.74) is 2.80. The summed E-state index contributed by atoms with van der Waals surface area (Å²) in [5, 5.41) is 13.9. The highest BCUT2D eigenvalue weighted by molar-refractivity contribution is 7.99. The van der Waals surface area contributed by atoms with Crippen LogP contribution in [0.25, 0.3) is 0 Å². The van der Waals surface area contributed by atoms with Gasteiger partial charge < -0.3 is 4.74 Å². The molecule has 1 aliphatic rings. The topological polar surface area (TPSA) is 52.3 Å². The van der Waals surface area contributed by atoms with E-state index in [-0.39, 0.29) is 5.82 Å². The average Bonchev–Trinajstić information content (AvgIpc) is 3.05. The lowest BCUT2D eigenvalue weighted by atomic mass is 10.1. The minimum Gasteiger partial charge on any atom is -0.496 e. The molecule has 0 atom stereocenters. The summed E-state index contributed by atoms with van der Waals surface area (Å²) < 4.78 is 20.3. The molecule has 0 amide bonds. The van der Waals surface area contributed by atoms with Gasteiger partial charge in [0.25, 0.3) is 0 Å². The number of aromatic nitrogens is 3. The Hall–Kier alpha value is -2.67. The van der Waals surface area contributed by atoms with E-state index < -0.39 is 0 Å². The minimum absolute atomic E-state index is 0.255. The van der Waals surface area contributed by atoms with Crippen LogP contribution in [0.5, 0.6) is 5.75 Å². The van der Waals surface area contributed by atoms with E-state index in [1.807, 2.05) is 24.3 Å². The second-order valence-corrected chi connectivity index (χ2v) is 6.48. The van der Waals surface area contributed by atoms with Crippen molar-refractivity contribution in [3.63, 3.8) is 0 Å². The summed E-state index contributed by atoms with van der Waals surface area (Å²) in [6, 6.07) is 14.2. The molecule has 2 aromatic carbocycles. The summed E-state index contributed by atoms with van der Waals surface area (Å²) in [4.78, 5) is 0. The van der Waals surface area contributed by atoms with E-state index in [0.717, 1.165) is 33.6 Å². The van der Waals surface area contributed by atoms with Gasteiger partial charge in [-0.05, 0) is 23.8 Å². The molecular weight excluding hydrogens is 339 g/mol. The number of thioether (sulfide) groups is 1. The number of para-hydroxylation sites is 1. The second kappa shape index (κ2) is 6.68. The highest BCUT2D eigenvalue weighted by Crippen LogP contribution is 2.26. The first kappa shape index (κ1) is 15.8. The zero-order valence-electron chi connectivity index (χ0n) is 13.5. The fraction of sp³-hybridized carbons (Fsp3) is 0.167. The molecule has 0 aliphatic carbocycles. The first-order valence-corrected chi connectivity index (χ1v) is 8.76. The maximum atomic E-state index is 13.1. The average molecular weight is 354 g/mol. The maximum absolute atomic E-state index is 13.1. The zero-order chi connectivity index (χ0) is 17.2. The molecule has 0 unspecified atom stereocenters. The summed E-state index contributed by atoms with van der Waals surface area (Å²) in [5.74, 6) is 1.98. The third-order valence-electron chi connectivity index (χ3n) is 3.95. The molecule has 1 aliphatic heterocycles. The number of methoxy groups -OCH3 is 1. The summed E-state index contributed by atoms with van der Waals surface area (Å²) in [7, 11) is 1.65. The molecule has 0 radical (unpaired) electrons. The molecule has 0 bridgehead atoms. The predicted molar refractivity (Wildman–Crippen MR) is 94.9 cm³/mol. The molecular formula is C18H15FN4OS. The number of ether oxygens (including phenoxy) is 1. The number of benzene rings is 2. The van der Waals surface area contributed by atoms with Crippen molar-refractivity contribution in [1.82, 2.24) is 14.9 Å². The van der Waals surface area contributed by atoms with Gasteiger partial charge in [-0.1, -0.05) is 42.1 Å². The Balaban J connectivity index is 1.68. The fourth-order valence-corrected chi connectivity index (χ4v) is 3.54. The van der Waals surface area contributed by atoms with Crippen LogP contribution in [0.2, 0.25) is 0 Å². The van der Waals surface area contributed by atoms with Gasteiger partial charge in [0.05, 0.1) is 12.8 Å². The Kier molecular flexibility index (Phi) is 4.23. The molecule has 0 fully saturated rings. The van der Waals surface area contributed by atoms with E-state index >= 15 is 0 Å². The van der Waals surface area contributed by atoms with E-state index in [1.54, 1.807) is 35.7 Å². The van der Waals surface area contributed by atoms with Crippen molar-refractivity contribution in [2.75, 3.05) is 12.9 Å². The molecule has 0 saturated carbocycles. The quantitative estimate of drug-likeness (QED) is 0.721. The molecule has 7 heteroatoms. The van der Waals surface area contributed by atoms with Crippen molar-refractivity contribution in [3.05, 3.63) is 71.3 Å². The smallest absolute Gasteiger partial charge is 0.212 e. The number of rotatable bonds is 4. The van der Waals surface area contributed by atoms with Gasteiger partial charge in [0.2, 0.25) is 5.16 Å². The normalized spacial score (nSPS) is 13.3. The van der Waals surface area contributed by atoms with E-state index in [1.165, 1.54) is 12.1 Å². The molecule has 126 valence electrons. The van der Waals surface area contributed by atoms with E-state index in [2.05, 4.69) is 15.3 Å². The third-order valence-corrected chi connectivity index (χ3v) is 4.88. The summed E-state index contributed by atoms with van der Waals surface area (Å²) in [6.07, 6.45) is 0.567. The van der Waals surface area contributed by atoms with Gasteiger partial charge in [-0.25, -0.2) is 4.39 Å². The molecule has 5 nitrogen and oxygen atoms in total. The van der Waals surface area contributed by atoms with Crippen molar-refractivity contribution in [2.24, 2.45) is 5.10 Å². The van der Waals surface area contributed by atoms with Gasteiger partial charge in [0.15, 0.2) is 5.82 Å². The zero-order valence-corrected chi connectivity index (χ0v) is 14.3. The monoisotopic (exact) mass is 354 g/mol. The number of hydrogen-bond acceptors (Lipinski definition) is 5. The van der Waals surface area contributed by atoms with Crippen LogP contribution in [0.1, 0.15) is 17.0 Å².